The second-order valence-electron chi connectivity index (χ2n) is 6.13. The number of carbonyl (C=O) groups excluding carboxylic acids is 1. The number of amides is 1. The van der Waals surface area contributed by atoms with Gasteiger partial charge in [0.15, 0.2) is 10.8 Å². The average Bonchev–Trinajstić information content (AvgIpc) is 3.29. The molecule has 4 aromatic rings. The quantitative estimate of drug-likeness (QED) is 0.578. The third-order valence-electron chi connectivity index (χ3n) is 4.15. The molecule has 0 saturated heterocycles. The van der Waals surface area contributed by atoms with Crippen LogP contribution in [0.5, 0.6) is 0 Å². The van der Waals surface area contributed by atoms with Crippen LogP contribution in [0.1, 0.15) is 21.7 Å². The maximum Gasteiger partial charge on any atom is 0.279 e. The van der Waals surface area contributed by atoms with E-state index in [2.05, 4.69) is 20.6 Å². The van der Waals surface area contributed by atoms with E-state index < -0.39 is 0 Å². The molecule has 1 N–H and O–H groups in total. The van der Waals surface area contributed by atoms with Crippen molar-refractivity contribution in [3.63, 3.8) is 0 Å². The van der Waals surface area contributed by atoms with Crippen LogP contribution in [0.4, 0.5) is 5.13 Å². The Labute approximate surface area is 160 Å². The smallest absolute Gasteiger partial charge is 0.279 e. The molecule has 0 fully saturated rings. The zero-order chi connectivity index (χ0) is 18.8. The summed E-state index contributed by atoms with van der Waals surface area (Å²) in [5, 5.41) is 13.5. The largest absolute Gasteiger partial charge is 0.296 e. The van der Waals surface area contributed by atoms with Gasteiger partial charge in [0.1, 0.15) is 0 Å². The summed E-state index contributed by atoms with van der Waals surface area (Å²) in [6.07, 6.45) is 0. The van der Waals surface area contributed by atoms with Crippen LogP contribution in [0.15, 0.2) is 60.0 Å². The lowest BCUT2D eigenvalue weighted by Crippen LogP contribution is -2.14. The first-order valence-electron chi connectivity index (χ1n) is 8.43. The molecule has 2 heterocycles. The number of thiazole rings is 1. The molecule has 0 aliphatic carbocycles. The van der Waals surface area contributed by atoms with Gasteiger partial charge in [-0.25, -0.2) is 9.67 Å². The maximum absolute atomic E-state index is 12.6. The topological polar surface area (TPSA) is 72.7 Å². The van der Waals surface area contributed by atoms with E-state index in [9.17, 15) is 4.79 Å². The fourth-order valence-corrected chi connectivity index (χ4v) is 3.49. The Balaban J connectivity index is 1.55. The molecular formula is C20H17N5OS. The molecule has 0 bridgehead atoms. The van der Waals surface area contributed by atoms with Crippen LogP contribution in [0.3, 0.4) is 0 Å². The number of benzene rings is 2. The lowest BCUT2D eigenvalue weighted by Gasteiger charge is -2.04. The fraction of sp³-hybridized carbons (Fsp3) is 0.100. The van der Waals surface area contributed by atoms with Gasteiger partial charge in [-0.2, -0.15) is 0 Å². The standard InChI is InChI=1S/C20H17N5OS/c1-13-7-6-10-16(11-13)25-14(2)18(23-24-25)19(26)22-20-21-17(12-27-20)15-8-4-3-5-9-15/h3-12H,1-2H3,(H,21,22,26). The van der Waals surface area contributed by atoms with Gasteiger partial charge < -0.3 is 0 Å². The lowest BCUT2D eigenvalue weighted by molar-refractivity contribution is 0.102. The number of rotatable bonds is 4. The number of hydrogen-bond donors (Lipinski definition) is 1. The van der Waals surface area contributed by atoms with Crippen molar-refractivity contribution in [2.45, 2.75) is 13.8 Å². The highest BCUT2D eigenvalue weighted by atomic mass is 32.1. The Kier molecular flexibility index (Phi) is 4.52. The summed E-state index contributed by atoms with van der Waals surface area (Å²) >= 11 is 1.38. The zero-order valence-corrected chi connectivity index (χ0v) is 15.7. The first-order valence-corrected chi connectivity index (χ1v) is 9.31. The molecule has 0 spiro atoms. The number of nitrogens with one attached hydrogen (secondary N) is 1. The lowest BCUT2D eigenvalue weighted by atomic mass is 10.2. The Morgan fingerprint density at radius 2 is 1.89 bits per heavy atom. The van der Waals surface area contributed by atoms with Crippen LogP contribution in [-0.4, -0.2) is 25.9 Å². The van der Waals surface area contributed by atoms with Gasteiger partial charge in [-0.1, -0.05) is 47.7 Å². The van der Waals surface area contributed by atoms with E-state index >= 15 is 0 Å². The van der Waals surface area contributed by atoms with Crippen molar-refractivity contribution >= 4 is 22.4 Å². The van der Waals surface area contributed by atoms with Gasteiger partial charge in [0, 0.05) is 10.9 Å². The monoisotopic (exact) mass is 375 g/mol. The van der Waals surface area contributed by atoms with Gasteiger partial charge in [0.2, 0.25) is 0 Å². The molecule has 0 aliphatic heterocycles. The highest BCUT2D eigenvalue weighted by Gasteiger charge is 2.18. The highest BCUT2D eigenvalue weighted by Crippen LogP contribution is 2.25. The van der Waals surface area contributed by atoms with Gasteiger partial charge >= 0.3 is 0 Å². The number of aromatic nitrogens is 4. The third-order valence-corrected chi connectivity index (χ3v) is 4.91. The van der Waals surface area contributed by atoms with E-state index in [1.54, 1.807) is 4.68 Å². The van der Waals surface area contributed by atoms with Gasteiger partial charge in [-0.15, -0.1) is 16.4 Å². The predicted octanol–water partition coefficient (Wildman–Crippen LogP) is 4.26. The number of carbonyl (C=O) groups is 1. The minimum absolute atomic E-state index is 0.285. The number of nitrogens with zero attached hydrogens (tertiary/aromatic N) is 4. The van der Waals surface area contributed by atoms with E-state index in [4.69, 9.17) is 0 Å². The summed E-state index contributed by atoms with van der Waals surface area (Å²) < 4.78 is 1.67. The minimum Gasteiger partial charge on any atom is -0.296 e. The van der Waals surface area contributed by atoms with Gasteiger partial charge in [-0.05, 0) is 31.5 Å². The highest BCUT2D eigenvalue weighted by molar-refractivity contribution is 7.14. The Morgan fingerprint density at radius 1 is 1.07 bits per heavy atom. The molecule has 2 aromatic carbocycles. The summed E-state index contributed by atoms with van der Waals surface area (Å²) in [6.45, 7) is 3.84. The predicted molar refractivity (Wildman–Crippen MR) is 106 cm³/mol. The first kappa shape index (κ1) is 17.1. The van der Waals surface area contributed by atoms with Crippen molar-refractivity contribution in [3.05, 3.63) is 76.9 Å². The number of hydrogen-bond acceptors (Lipinski definition) is 5. The molecule has 7 heteroatoms. The molecular weight excluding hydrogens is 358 g/mol. The molecule has 0 aliphatic rings. The van der Waals surface area contributed by atoms with E-state index in [1.807, 2.05) is 73.8 Å². The summed E-state index contributed by atoms with van der Waals surface area (Å²) in [7, 11) is 0. The van der Waals surface area contributed by atoms with E-state index in [0.29, 0.717) is 10.8 Å². The van der Waals surface area contributed by atoms with Crippen molar-refractivity contribution in [1.29, 1.82) is 0 Å². The van der Waals surface area contributed by atoms with Crippen LogP contribution in [0, 0.1) is 13.8 Å². The normalized spacial score (nSPS) is 10.7. The maximum atomic E-state index is 12.6. The molecule has 0 unspecified atom stereocenters. The SMILES string of the molecule is Cc1cccc(-n2nnc(C(=O)Nc3nc(-c4ccccc4)cs3)c2C)c1. The summed E-state index contributed by atoms with van der Waals surface area (Å²) in [4.78, 5) is 17.1. The van der Waals surface area contributed by atoms with Crippen LogP contribution in [0.2, 0.25) is 0 Å². The number of anilines is 1. The summed E-state index contributed by atoms with van der Waals surface area (Å²) in [6, 6.07) is 17.7. The molecule has 2 aromatic heterocycles. The first-order chi connectivity index (χ1) is 13.1. The Hall–Kier alpha value is -3.32. The third kappa shape index (κ3) is 3.50. The molecule has 0 saturated carbocycles. The van der Waals surface area contributed by atoms with Crippen LogP contribution in [-0.2, 0) is 0 Å². The van der Waals surface area contributed by atoms with E-state index in [0.717, 1.165) is 22.5 Å². The summed E-state index contributed by atoms with van der Waals surface area (Å²) in [5.74, 6) is -0.319. The van der Waals surface area contributed by atoms with Crippen molar-refractivity contribution in [3.8, 4) is 16.9 Å². The molecule has 1 amide bonds. The molecule has 6 nitrogen and oxygen atoms in total. The van der Waals surface area contributed by atoms with Crippen molar-refractivity contribution in [1.82, 2.24) is 20.0 Å². The van der Waals surface area contributed by atoms with Crippen LogP contribution in [0.25, 0.3) is 16.9 Å². The Morgan fingerprint density at radius 3 is 2.67 bits per heavy atom. The molecule has 0 atom stereocenters. The zero-order valence-electron chi connectivity index (χ0n) is 14.9. The molecule has 27 heavy (non-hydrogen) atoms. The molecule has 0 radical (unpaired) electrons. The van der Waals surface area contributed by atoms with Crippen molar-refractivity contribution in [2.75, 3.05) is 5.32 Å². The summed E-state index contributed by atoms with van der Waals surface area (Å²) in [5.41, 5.74) is 4.79. The van der Waals surface area contributed by atoms with Crippen molar-refractivity contribution in [2.24, 2.45) is 0 Å². The Bertz CT molecular complexity index is 1100. The van der Waals surface area contributed by atoms with Crippen molar-refractivity contribution < 1.29 is 4.79 Å². The molecule has 4 rings (SSSR count). The van der Waals surface area contributed by atoms with Crippen LogP contribution >= 0.6 is 11.3 Å². The van der Waals surface area contributed by atoms with Gasteiger partial charge in [0.25, 0.3) is 5.91 Å². The van der Waals surface area contributed by atoms with Gasteiger partial charge in [-0.3, -0.25) is 10.1 Å². The average molecular weight is 375 g/mol. The van der Waals surface area contributed by atoms with E-state index in [-0.39, 0.29) is 11.6 Å². The minimum atomic E-state index is -0.319. The number of aryl methyl sites for hydroxylation is 1. The second kappa shape index (κ2) is 7.13. The van der Waals surface area contributed by atoms with E-state index in [1.165, 1.54) is 11.3 Å². The molecule has 134 valence electrons. The van der Waals surface area contributed by atoms with Gasteiger partial charge in [0.05, 0.1) is 17.1 Å². The van der Waals surface area contributed by atoms with Crippen LogP contribution < -0.4 is 5.32 Å². The second-order valence-corrected chi connectivity index (χ2v) is 6.99. The fourth-order valence-electron chi connectivity index (χ4n) is 2.77.